The molecule has 46 heavy (non-hydrogen) atoms. The fraction of sp³-hybridized carbons (Fsp3) is 0.500. The zero-order chi connectivity index (χ0) is 33.1. The number of rotatable bonds is 9. The number of likely N-dealkylation sites (tertiary alicyclic amines) is 1. The van der Waals surface area contributed by atoms with Crippen LogP contribution in [-0.2, 0) is 23.1 Å². The molecule has 0 radical (unpaired) electrons. The summed E-state index contributed by atoms with van der Waals surface area (Å²) < 4.78 is 0. The van der Waals surface area contributed by atoms with Crippen LogP contribution < -0.4 is 16.0 Å². The van der Waals surface area contributed by atoms with Crippen LogP contribution in [0.15, 0.2) is 36.4 Å². The highest BCUT2D eigenvalue weighted by atomic mass is 16.2. The van der Waals surface area contributed by atoms with E-state index in [1.54, 1.807) is 4.90 Å². The lowest BCUT2D eigenvalue weighted by Gasteiger charge is -2.34. The minimum Gasteiger partial charge on any atom is -0.350 e. The molecule has 3 aromatic rings. The molecule has 0 spiro atoms. The molecule has 1 aliphatic carbocycles. The quantitative estimate of drug-likeness (QED) is 0.263. The summed E-state index contributed by atoms with van der Waals surface area (Å²) in [5.41, 5.74) is 3.65. The molecule has 242 valence electrons. The molecule has 0 saturated carbocycles. The first kappa shape index (κ1) is 32.8. The lowest BCUT2D eigenvalue weighted by Crippen LogP contribution is -2.42. The van der Waals surface area contributed by atoms with E-state index in [9.17, 15) is 19.6 Å². The monoisotopic (exact) mass is 625 g/mol. The number of carbonyl (C=O) groups is 3. The SMILES string of the molecule is CC(C)NC(=O)c1ccc2c(c1)CCc1cc(C(=O)NC(C)(C)C)ccc1C2(CCNCC(=O)N1CCC[C@H]1C#N)c1nn[nH]n1. The average molecular weight is 626 g/mol. The van der Waals surface area contributed by atoms with Crippen molar-refractivity contribution in [3.05, 3.63) is 75.6 Å². The van der Waals surface area contributed by atoms with Crippen molar-refractivity contribution in [1.82, 2.24) is 41.5 Å². The van der Waals surface area contributed by atoms with Crippen LogP contribution in [0.3, 0.4) is 0 Å². The highest BCUT2D eigenvalue weighted by molar-refractivity contribution is 5.95. The van der Waals surface area contributed by atoms with Crippen molar-refractivity contribution in [1.29, 1.82) is 5.26 Å². The Balaban J connectivity index is 1.55. The third kappa shape index (κ3) is 6.79. The Morgan fingerprint density at radius 2 is 1.72 bits per heavy atom. The van der Waals surface area contributed by atoms with Gasteiger partial charge in [0.05, 0.1) is 18.0 Å². The molecule has 2 atom stereocenters. The number of carbonyl (C=O) groups excluding carboxylic acids is 3. The molecule has 2 aromatic carbocycles. The van der Waals surface area contributed by atoms with Gasteiger partial charge < -0.3 is 20.9 Å². The van der Waals surface area contributed by atoms with Gasteiger partial charge in [-0.05, 0) is 120 Å². The van der Waals surface area contributed by atoms with Crippen molar-refractivity contribution in [2.75, 3.05) is 19.6 Å². The van der Waals surface area contributed by atoms with Crippen LogP contribution in [-0.4, -0.2) is 80.5 Å². The summed E-state index contributed by atoms with van der Waals surface area (Å²) in [6.07, 6.45) is 3.25. The third-order valence-electron chi connectivity index (χ3n) is 8.63. The molecule has 4 N–H and O–H groups in total. The van der Waals surface area contributed by atoms with Crippen LogP contribution in [0.4, 0.5) is 0 Å². The van der Waals surface area contributed by atoms with Crippen molar-refractivity contribution in [2.24, 2.45) is 0 Å². The standard InChI is InChI=1S/C34H43N9O3/c1-21(2)37-30(45)24-10-12-27-22(17-24)8-9-23-18-25(31(46)38-33(3,4)5)11-13-28(23)34(27,32-39-41-42-40-32)14-15-36-20-29(44)43-16-6-7-26(43)19-35/h10-13,17-18,21,26,36H,6-9,14-16,20H2,1-5H3,(H,37,45)(H,38,46)(H,39,40,41,42)/t26-,34?/m0/s1. The summed E-state index contributed by atoms with van der Waals surface area (Å²) in [5, 5.41) is 34.4. The molecule has 5 rings (SSSR count). The summed E-state index contributed by atoms with van der Waals surface area (Å²) in [5.74, 6) is 0.0475. The predicted octanol–water partition coefficient (Wildman–Crippen LogP) is 2.79. The maximum atomic E-state index is 13.2. The Morgan fingerprint density at radius 3 is 2.28 bits per heavy atom. The van der Waals surface area contributed by atoms with E-state index >= 15 is 0 Å². The van der Waals surface area contributed by atoms with Crippen LogP contribution in [0.25, 0.3) is 0 Å². The van der Waals surface area contributed by atoms with Gasteiger partial charge in [0.2, 0.25) is 5.91 Å². The molecule has 1 saturated heterocycles. The van der Waals surface area contributed by atoms with Crippen LogP contribution in [0.1, 0.15) is 103 Å². The minimum atomic E-state index is -0.904. The summed E-state index contributed by atoms with van der Waals surface area (Å²) in [6.45, 7) is 10.8. The van der Waals surface area contributed by atoms with Gasteiger partial charge in [-0.3, -0.25) is 14.4 Å². The van der Waals surface area contributed by atoms with E-state index in [2.05, 4.69) is 42.6 Å². The number of aryl methyl sites for hydroxylation is 2. The maximum absolute atomic E-state index is 13.2. The molecule has 1 unspecified atom stereocenters. The summed E-state index contributed by atoms with van der Waals surface area (Å²) in [4.78, 5) is 40.9. The first-order valence-corrected chi connectivity index (χ1v) is 16.0. The van der Waals surface area contributed by atoms with E-state index in [1.807, 2.05) is 71.0 Å². The fourth-order valence-electron chi connectivity index (χ4n) is 6.63. The lowest BCUT2D eigenvalue weighted by atomic mass is 9.69. The van der Waals surface area contributed by atoms with Crippen molar-refractivity contribution in [3.63, 3.8) is 0 Å². The fourth-order valence-corrected chi connectivity index (χ4v) is 6.63. The summed E-state index contributed by atoms with van der Waals surface area (Å²) in [6, 6.07) is 13.3. The second kappa shape index (κ2) is 13.4. The van der Waals surface area contributed by atoms with Gasteiger partial charge in [0.15, 0.2) is 5.82 Å². The number of aromatic nitrogens is 4. The zero-order valence-corrected chi connectivity index (χ0v) is 27.2. The lowest BCUT2D eigenvalue weighted by molar-refractivity contribution is -0.130. The first-order valence-electron chi connectivity index (χ1n) is 16.0. The largest absolute Gasteiger partial charge is 0.350 e. The third-order valence-corrected chi connectivity index (χ3v) is 8.63. The van der Waals surface area contributed by atoms with Gasteiger partial charge >= 0.3 is 0 Å². The van der Waals surface area contributed by atoms with E-state index in [-0.39, 0.29) is 36.3 Å². The molecular weight excluding hydrogens is 582 g/mol. The zero-order valence-electron chi connectivity index (χ0n) is 27.2. The van der Waals surface area contributed by atoms with Crippen molar-refractivity contribution >= 4 is 17.7 Å². The number of aromatic amines is 1. The highest BCUT2D eigenvalue weighted by Crippen LogP contribution is 2.46. The Kier molecular flexibility index (Phi) is 9.53. The van der Waals surface area contributed by atoms with Gasteiger partial charge in [-0.2, -0.15) is 10.5 Å². The molecule has 12 nitrogen and oxygen atoms in total. The smallest absolute Gasteiger partial charge is 0.251 e. The van der Waals surface area contributed by atoms with Crippen molar-refractivity contribution in [3.8, 4) is 6.07 Å². The molecule has 2 aliphatic rings. The molecule has 1 aromatic heterocycles. The number of fused-ring (bicyclic) bond motifs is 2. The maximum Gasteiger partial charge on any atom is 0.251 e. The Morgan fingerprint density at radius 1 is 1.07 bits per heavy atom. The van der Waals surface area contributed by atoms with Crippen LogP contribution in [0.2, 0.25) is 0 Å². The normalized spacial score (nSPS) is 19.2. The van der Waals surface area contributed by atoms with Crippen molar-refractivity contribution < 1.29 is 14.4 Å². The van der Waals surface area contributed by atoms with E-state index < -0.39 is 11.0 Å². The number of tetrazole rings is 1. The van der Waals surface area contributed by atoms with Gasteiger partial charge in [-0.15, -0.1) is 10.2 Å². The van der Waals surface area contributed by atoms with Crippen LogP contribution in [0, 0.1) is 11.3 Å². The Hall–Kier alpha value is -4.63. The van der Waals surface area contributed by atoms with E-state index in [4.69, 9.17) is 0 Å². The van der Waals surface area contributed by atoms with Crippen molar-refractivity contribution in [2.45, 2.75) is 89.8 Å². The number of nitrogens with one attached hydrogen (secondary N) is 4. The van der Waals surface area contributed by atoms with Gasteiger partial charge in [-0.25, -0.2) is 0 Å². The number of nitrogens with zero attached hydrogens (tertiary/aromatic N) is 5. The van der Waals surface area contributed by atoms with E-state index in [0.29, 0.717) is 55.7 Å². The van der Waals surface area contributed by atoms with E-state index in [0.717, 1.165) is 28.7 Å². The number of hydrogen-bond acceptors (Lipinski definition) is 8. The average Bonchev–Trinajstić information content (AvgIpc) is 3.70. The predicted molar refractivity (Wildman–Crippen MR) is 172 cm³/mol. The van der Waals surface area contributed by atoms with E-state index in [1.165, 1.54) is 0 Å². The molecule has 3 amide bonds. The second-order valence-electron chi connectivity index (χ2n) is 13.5. The van der Waals surface area contributed by atoms with Gasteiger partial charge in [0.25, 0.3) is 11.8 Å². The number of H-pyrrole nitrogens is 1. The number of nitriles is 1. The summed E-state index contributed by atoms with van der Waals surface area (Å²) >= 11 is 0. The van der Waals surface area contributed by atoms with Gasteiger partial charge in [-0.1, -0.05) is 17.3 Å². The Bertz CT molecular complexity index is 1640. The molecule has 2 heterocycles. The number of benzene rings is 2. The minimum absolute atomic E-state index is 0.00978. The molecule has 1 fully saturated rings. The highest BCUT2D eigenvalue weighted by Gasteiger charge is 2.44. The van der Waals surface area contributed by atoms with Gasteiger partial charge in [0, 0.05) is 29.3 Å². The van der Waals surface area contributed by atoms with Crippen LogP contribution >= 0.6 is 0 Å². The molecule has 1 aliphatic heterocycles. The number of hydrogen-bond donors (Lipinski definition) is 4. The number of amides is 3. The second-order valence-corrected chi connectivity index (χ2v) is 13.5. The molecular formula is C34H43N9O3. The topological polar surface area (TPSA) is 169 Å². The van der Waals surface area contributed by atoms with Crippen LogP contribution in [0.5, 0.6) is 0 Å². The van der Waals surface area contributed by atoms with Gasteiger partial charge in [0.1, 0.15) is 6.04 Å². The molecule has 0 bridgehead atoms. The Labute approximate surface area is 269 Å². The molecule has 12 heteroatoms. The first-order chi connectivity index (χ1) is 21.9. The summed E-state index contributed by atoms with van der Waals surface area (Å²) in [7, 11) is 0.